The maximum Gasteiger partial charge on any atom is 0.240 e. The number of aliphatic hydroxyl groups is 1. The predicted molar refractivity (Wildman–Crippen MR) is 69.6 cm³/mol. The Morgan fingerprint density at radius 3 is 3.00 bits per heavy atom. The SMILES string of the molecule is O=C(CN1C(=O)CSc2ccccc21)NCCO. The largest absolute Gasteiger partial charge is 0.395 e. The molecule has 1 aliphatic heterocycles. The van der Waals surface area contributed by atoms with Crippen molar-refractivity contribution in [3.8, 4) is 0 Å². The number of amides is 2. The molecule has 1 heterocycles. The predicted octanol–water partition coefficient (Wildman–Crippen LogP) is 0.234. The molecule has 0 aromatic heterocycles. The number of thioether (sulfide) groups is 1. The van der Waals surface area contributed by atoms with Crippen LogP contribution in [0.2, 0.25) is 0 Å². The molecule has 0 radical (unpaired) electrons. The lowest BCUT2D eigenvalue weighted by atomic mass is 10.2. The molecule has 2 amide bonds. The van der Waals surface area contributed by atoms with Gasteiger partial charge in [0.05, 0.1) is 18.0 Å². The van der Waals surface area contributed by atoms with Gasteiger partial charge in [-0.1, -0.05) is 12.1 Å². The highest BCUT2D eigenvalue weighted by atomic mass is 32.2. The molecule has 0 bridgehead atoms. The van der Waals surface area contributed by atoms with Gasteiger partial charge in [-0.25, -0.2) is 0 Å². The fraction of sp³-hybridized carbons (Fsp3) is 0.333. The second-order valence-electron chi connectivity index (χ2n) is 3.81. The molecule has 2 rings (SSSR count). The van der Waals surface area contributed by atoms with E-state index in [4.69, 9.17) is 5.11 Å². The van der Waals surface area contributed by atoms with Crippen molar-refractivity contribution in [2.24, 2.45) is 0 Å². The van der Waals surface area contributed by atoms with Crippen LogP contribution in [0, 0.1) is 0 Å². The fourth-order valence-electron chi connectivity index (χ4n) is 1.72. The first-order valence-corrected chi connectivity index (χ1v) is 6.60. The number of fused-ring (bicyclic) bond motifs is 1. The average molecular weight is 266 g/mol. The van der Waals surface area contributed by atoms with E-state index in [1.54, 1.807) is 0 Å². The first-order chi connectivity index (χ1) is 8.72. The van der Waals surface area contributed by atoms with Crippen LogP contribution in [-0.2, 0) is 9.59 Å². The molecule has 6 heteroatoms. The Morgan fingerprint density at radius 1 is 1.44 bits per heavy atom. The second-order valence-corrected chi connectivity index (χ2v) is 4.83. The number of carbonyl (C=O) groups is 2. The zero-order valence-electron chi connectivity index (χ0n) is 9.76. The highest BCUT2D eigenvalue weighted by Gasteiger charge is 2.25. The van der Waals surface area contributed by atoms with Crippen molar-refractivity contribution >= 4 is 29.3 Å². The monoisotopic (exact) mass is 266 g/mol. The molecule has 0 unspecified atom stereocenters. The molecule has 0 saturated carbocycles. The van der Waals surface area contributed by atoms with Gasteiger partial charge >= 0.3 is 0 Å². The average Bonchev–Trinajstić information content (AvgIpc) is 2.40. The van der Waals surface area contributed by atoms with Crippen LogP contribution in [0.25, 0.3) is 0 Å². The van der Waals surface area contributed by atoms with E-state index >= 15 is 0 Å². The van der Waals surface area contributed by atoms with Crippen molar-refractivity contribution in [2.75, 3.05) is 30.3 Å². The van der Waals surface area contributed by atoms with Gasteiger partial charge in [-0.05, 0) is 12.1 Å². The molecular weight excluding hydrogens is 252 g/mol. The first kappa shape index (κ1) is 12.9. The van der Waals surface area contributed by atoms with Gasteiger partial charge in [-0.15, -0.1) is 11.8 Å². The van der Waals surface area contributed by atoms with Crippen molar-refractivity contribution in [1.82, 2.24) is 5.32 Å². The van der Waals surface area contributed by atoms with E-state index in [0.29, 0.717) is 5.75 Å². The lowest BCUT2D eigenvalue weighted by Crippen LogP contribution is -2.43. The minimum atomic E-state index is -0.265. The quantitative estimate of drug-likeness (QED) is 0.819. The van der Waals surface area contributed by atoms with Crippen molar-refractivity contribution < 1.29 is 14.7 Å². The highest BCUT2D eigenvalue weighted by Crippen LogP contribution is 2.34. The Labute approximate surface area is 109 Å². The van der Waals surface area contributed by atoms with Crippen LogP contribution in [-0.4, -0.2) is 42.4 Å². The van der Waals surface area contributed by atoms with E-state index in [2.05, 4.69) is 5.32 Å². The van der Waals surface area contributed by atoms with Gasteiger partial charge in [0.1, 0.15) is 6.54 Å². The van der Waals surface area contributed by atoms with Crippen molar-refractivity contribution in [3.63, 3.8) is 0 Å². The molecule has 1 aromatic carbocycles. The number of para-hydroxylation sites is 1. The summed E-state index contributed by atoms with van der Waals surface area (Å²) in [5.74, 6) is 0.0153. The Bertz CT molecular complexity index is 464. The summed E-state index contributed by atoms with van der Waals surface area (Å²) in [6.07, 6.45) is 0. The number of carbonyl (C=O) groups excluding carboxylic acids is 2. The number of aliphatic hydroxyl groups excluding tert-OH is 1. The molecule has 2 N–H and O–H groups in total. The smallest absolute Gasteiger partial charge is 0.240 e. The van der Waals surface area contributed by atoms with E-state index in [0.717, 1.165) is 10.6 Å². The van der Waals surface area contributed by atoms with E-state index in [9.17, 15) is 9.59 Å². The first-order valence-electron chi connectivity index (χ1n) is 5.62. The summed E-state index contributed by atoms with van der Waals surface area (Å²) in [6, 6.07) is 7.52. The molecule has 0 spiro atoms. The minimum Gasteiger partial charge on any atom is -0.395 e. The van der Waals surface area contributed by atoms with Gasteiger partial charge < -0.3 is 15.3 Å². The van der Waals surface area contributed by atoms with Crippen molar-refractivity contribution in [3.05, 3.63) is 24.3 Å². The molecular formula is C12H14N2O3S. The summed E-state index contributed by atoms with van der Waals surface area (Å²) >= 11 is 1.48. The van der Waals surface area contributed by atoms with Gasteiger partial charge in [0.15, 0.2) is 0 Å². The van der Waals surface area contributed by atoms with Crippen LogP contribution in [0.3, 0.4) is 0 Å². The maximum atomic E-state index is 11.8. The number of nitrogens with one attached hydrogen (secondary N) is 1. The van der Waals surface area contributed by atoms with Crippen molar-refractivity contribution in [2.45, 2.75) is 4.90 Å². The Balaban J connectivity index is 2.12. The highest BCUT2D eigenvalue weighted by molar-refractivity contribution is 8.00. The topological polar surface area (TPSA) is 69.6 Å². The summed E-state index contributed by atoms with van der Waals surface area (Å²) in [5.41, 5.74) is 0.776. The van der Waals surface area contributed by atoms with E-state index in [-0.39, 0.29) is 31.5 Å². The van der Waals surface area contributed by atoms with Crippen molar-refractivity contribution in [1.29, 1.82) is 0 Å². The van der Waals surface area contributed by atoms with Crippen LogP contribution < -0.4 is 10.2 Å². The zero-order valence-corrected chi connectivity index (χ0v) is 10.6. The minimum absolute atomic E-state index is 0.00356. The summed E-state index contributed by atoms with van der Waals surface area (Å²) in [6.45, 7) is 0.0970. The zero-order chi connectivity index (χ0) is 13.0. The number of nitrogens with zero attached hydrogens (tertiary/aromatic N) is 1. The molecule has 0 atom stereocenters. The molecule has 5 nitrogen and oxygen atoms in total. The molecule has 18 heavy (non-hydrogen) atoms. The molecule has 1 aliphatic rings. The summed E-state index contributed by atoms with van der Waals surface area (Å²) < 4.78 is 0. The van der Waals surface area contributed by atoms with Gasteiger partial charge in [0.2, 0.25) is 11.8 Å². The van der Waals surface area contributed by atoms with Crippen LogP contribution in [0.4, 0.5) is 5.69 Å². The third-order valence-electron chi connectivity index (χ3n) is 2.54. The Kier molecular flexibility index (Phi) is 4.22. The molecule has 0 fully saturated rings. The Hall–Kier alpha value is -1.53. The number of benzene rings is 1. The van der Waals surface area contributed by atoms with Crippen LogP contribution in [0.5, 0.6) is 0 Å². The third-order valence-corrected chi connectivity index (χ3v) is 3.59. The normalized spacial score (nSPS) is 14.3. The maximum absolute atomic E-state index is 11.8. The summed E-state index contributed by atoms with van der Waals surface area (Å²) in [4.78, 5) is 25.9. The molecule has 0 aliphatic carbocycles. The van der Waals surface area contributed by atoms with Gasteiger partial charge in [0.25, 0.3) is 0 Å². The van der Waals surface area contributed by atoms with Gasteiger partial charge in [-0.3, -0.25) is 9.59 Å². The fourth-order valence-corrected chi connectivity index (χ4v) is 2.66. The number of hydrogen-bond donors (Lipinski definition) is 2. The van der Waals surface area contributed by atoms with Crippen LogP contribution >= 0.6 is 11.8 Å². The van der Waals surface area contributed by atoms with Crippen LogP contribution in [0.15, 0.2) is 29.2 Å². The number of anilines is 1. The van der Waals surface area contributed by atoms with E-state index < -0.39 is 0 Å². The second kappa shape index (κ2) is 5.88. The van der Waals surface area contributed by atoms with E-state index in [1.165, 1.54) is 16.7 Å². The summed E-state index contributed by atoms with van der Waals surface area (Å²) in [5, 5.41) is 11.2. The lowest BCUT2D eigenvalue weighted by Gasteiger charge is -2.28. The van der Waals surface area contributed by atoms with Gasteiger partial charge in [-0.2, -0.15) is 0 Å². The Morgan fingerprint density at radius 2 is 2.22 bits per heavy atom. The molecule has 0 saturated heterocycles. The van der Waals surface area contributed by atoms with Crippen LogP contribution in [0.1, 0.15) is 0 Å². The van der Waals surface area contributed by atoms with E-state index in [1.807, 2.05) is 24.3 Å². The van der Waals surface area contributed by atoms with Gasteiger partial charge in [0, 0.05) is 11.4 Å². The molecule has 96 valence electrons. The number of hydrogen-bond acceptors (Lipinski definition) is 4. The summed E-state index contributed by atoms with van der Waals surface area (Å²) in [7, 11) is 0. The third kappa shape index (κ3) is 2.83. The lowest BCUT2D eigenvalue weighted by molar-refractivity contribution is -0.123. The standard InChI is InChI=1S/C12H14N2O3S/c15-6-5-13-11(16)7-14-9-3-1-2-4-10(9)18-8-12(14)17/h1-4,15H,5-8H2,(H,13,16). The molecule has 1 aromatic rings. The number of rotatable bonds is 4.